The second-order valence-electron chi connectivity index (χ2n) is 11.0. The molecule has 1 amide bonds. The molecule has 0 aromatic heterocycles. The maximum Gasteiger partial charge on any atom is 0.232 e. The van der Waals surface area contributed by atoms with E-state index in [0.29, 0.717) is 23.3 Å². The third kappa shape index (κ3) is 5.20. The number of hydrogen-bond donors (Lipinski definition) is 1. The molecule has 2 aromatic rings. The van der Waals surface area contributed by atoms with Gasteiger partial charge in [-0.25, -0.2) is 8.42 Å². The van der Waals surface area contributed by atoms with Gasteiger partial charge in [0.25, 0.3) is 0 Å². The van der Waals surface area contributed by atoms with Crippen molar-refractivity contribution < 1.29 is 17.9 Å². The van der Waals surface area contributed by atoms with Gasteiger partial charge in [0, 0.05) is 18.7 Å². The Balaban J connectivity index is 1.16. The Morgan fingerprint density at radius 2 is 1.54 bits per heavy atom. The van der Waals surface area contributed by atoms with Gasteiger partial charge in [0.1, 0.15) is 5.75 Å². The Morgan fingerprint density at radius 3 is 2.06 bits per heavy atom. The van der Waals surface area contributed by atoms with Gasteiger partial charge in [-0.3, -0.25) is 9.10 Å². The largest absolute Gasteiger partial charge is 0.497 e. The first-order valence-corrected chi connectivity index (χ1v) is 14.6. The van der Waals surface area contributed by atoms with Gasteiger partial charge in [-0.15, -0.1) is 0 Å². The normalized spacial score (nSPS) is 27.0. The number of anilines is 2. The molecule has 0 unspecified atom stereocenters. The van der Waals surface area contributed by atoms with Gasteiger partial charge >= 0.3 is 0 Å². The van der Waals surface area contributed by atoms with Crippen molar-refractivity contribution >= 4 is 27.3 Å². The van der Waals surface area contributed by atoms with Crippen LogP contribution in [-0.4, -0.2) is 34.2 Å². The zero-order chi connectivity index (χ0) is 24.6. The predicted molar refractivity (Wildman–Crippen MR) is 139 cm³/mol. The summed E-state index contributed by atoms with van der Waals surface area (Å²) in [5.41, 5.74) is 3.17. The van der Waals surface area contributed by atoms with E-state index >= 15 is 0 Å². The smallest absolute Gasteiger partial charge is 0.232 e. The fraction of sp³-hybridized carbons (Fsp3) is 0.536. The highest BCUT2D eigenvalue weighted by Gasteiger charge is 2.51. The number of benzene rings is 2. The monoisotopic (exact) mass is 496 g/mol. The Morgan fingerprint density at radius 1 is 0.971 bits per heavy atom. The number of amides is 1. The molecule has 6 rings (SSSR count). The minimum atomic E-state index is -3.46. The second kappa shape index (κ2) is 9.49. The molecule has 0 spiro atoms. The SMILES string of the molecule is COc1ccc(N(CCCC(=O)Nc2ccc(C34CC5CC(CC(C5)C3)C4)cc2)S(C)(=O)=O)cc1. The van der Waals surface area contributed by atoms with E-state index in [4.69, 9.17) is 4.74 Å². The minimum Gasteiger partial charge on any atom is -0.497 e. The third-order valence-corrected chi connectivity index (χ3v) is 9.54. The molecule has 0 atom stereocenters. The lowest BCUT2D eigenvalue weighted by molar-refractivity contribution is -0.116. The average molecular weight is 497 g/mol. The van der Waals surface area contributed by atoms with Crippen molar-refractivity contribution in [3.05, 3.63) is 54.1 Å². The van der Waals surface area contributed by atoms with Crippen molar-refractivity contribution in [2.45, 2.75) is 56.8 Å². The summed E-state index contributed by atoms with van der Waals surface area (Å²) in [6.07, 6.45) is 10.1. The number of nitrogens with zero attached hydrogens (tertiary/aromatic N) is 1. The first-order valence-electron chi connectivity index (χ1n) is 12.8. The number of sulfonamides is 1. The summed E-state index contributed by atoms with van der Waals surface area (Å²) in [4.78, 5) is 12.6. The molecule has 0 radical (unpaired) electrons. The maximum atomic E-state index is 12.6. The molecule has 4 aliphatic rings. The van der Waals surface area contributed by atoms with Crippen LogP contribution < -0.4 is 14.4 Å². The van der Waals surface area contributed by atoms with Crippen LogP contribution in [0.1, 0.15) is 56.9 Å². The van der Waals surface area contributed by atoms with Gasteiger partial charge in [0.2, 0.25) is 15.9 Å². The maximum absolute atomic E-state index is 12.6. The van der Waals surface area contributed by atoms with Crippen molar-refractivity contribution in [2.24, 2.45) is 17.8 Å². The highest BCUT2D eigenvalue weighted by molar-refractivity contribution is 7.92. The topological polar surface area (TPSA) is 75.7 Å². The number of ether oxygens (including phenoxy) is 1. The highest BCUT2D eigenvalue weighted by atomic mass is 32.2. The molecule has 4 saturated carbocycles. The molecule has 35 heavy (non-hydrogen) atoms. The quantitative estimate of drug-likeness (QED) is 0.508. The van der Waals surface area contributed by atoms with Gasteiger partial charge in [-0.05, 0) is 110 Å². The van der Waals surface area contributed by atoms with Crippen LogP contribution in [0.4, 0.5) is 11.4 Å². The number of hydrogen-bond acceptors (Lipinski definition) is 4. The fourth-order valence-corrected chi connectivity index (χ4v) is 8.18. The second-order valence-corrected chi connectivity index (χ2v) is 12.9. The van der Waals surface area contributed by atoms with E-state index in [0.717, 1.165) is 23.4 Å². The summed E-state index contributed by atoms with van der Waals surface area (Å²) in [5, 5.41) is 2.99. The van der Waals surface area contributed by atoms with Crippen LogP contribution in [0.25, 0.3) is 0 Å². The van der Waals surface area contributed by atoms with Crippen LogP contribution in [0.2, 0.25) is 0 Å². The molecule has 0 heterocycles. The molecule has 2 aromatic carbocycles. The van der Waals surface area contributed by atoms with Crippen molar-refractivity contribution in [2.75, 3.05) is 29.5 Å². The lowest BCUT2D eigenvalue weighted by Gasteiger charge is -2.57. The van der Waals surface area contributed by atoms with Gasteiger partial charge in [0.05, 0.1) is 19.1 Å². The van der Waals surface area contributed by atoms with E-state index in [-0.39, 0.29) is 18.9 Å². The van der Waals surface area contributed by atoms with Crippen LogP contribution in [0.3, 0.4) is 0 Å². The molecule has 6 nitrogen and oxygen atoms in total. The van der Waals surface area contributed by atoms with Crippen molar-refractivity contribution in [1.29, 1.82) is 0 Å². The third-order valence-electron chi connectivity index (χ3n) is 8.35. The van der Waals surface area contributed by atoms with Crippen LogP contribution in [0, 0.1) is 17.8 Å². The van der Waals surface area contributed by atoms with Crippen molar-refractivity contribution in [3.8, 4) is 5.75 Å². The standard InChI is InChI=1S/C28H36N2O4S/c1-34-26-11-9-25(10-12-26)30(35(2,32)33)13-3-4-27(31)29-24-7-5-23(6-8-24)28-17-20-14-21(18-28)16-22(15-20)19-28/h5-12,20-22H,3-4,13-19H2,1-2H3,(H,29,31). The summed E-state index contributed by atoms with van der Waals surface area (Å²) in [6, 6.07) is 15.4. The van der Waals surface area contributed by atoms with Gasteiger partial charge in [0.15, 0.2) is 0 Å². The number of nitrogens with one attached hydrogen (secondary N) is 1. The predicted octanol–water partition coefficient (Wildman–Crippen LogP) is 5.35. The summed E-state index contributed by atoms with van der Waals surface area (Å²) in [5.74, 6) is 3.28. The van der Waals surface area contributed by atoms with Crippen molar-refractivity contribution in [1.82, 2.24) is 0 Å². The number of methoxy groups -OCH3 is 1. The molecule has 7 heteroatoms. The molecule has 0 aliphatic heterocycles. The van der Waals surface area contributed by atoms with E-state index in [9.17, 15) is 13.2 Å². The summed E-state index contributed by atoms with van der Waals surface area (Å²) in [6.45, 7) is 0.240. The lowest BCUT2D eigenvalue weighted by Crippen LogP contribution is -2.48. The zero-order valence-electron chi connectivity index (χ0n) is 20.7. The van der Waals surface area contributed by atoms with Gasteiger partial charge in [-0.2, -0.15) is 0 Å². The summed E-state index contributed by atoms with van der Waals surface area (Å²) in [7, 11) is -1.89. The Bertz CT molecular complexity index is 1120. The lowest BCUT2D eigenvalue weighted by atomic mass is 9.48. The number of carbonyl (C=O) groups excluding carboxylic acids is 1. The average Bonchev–Trinajstić information content (AvgIpc) is 2.81. The Kier molecular flexibility index (Phi) is 6.55. The molecule has 4 aliphatic carbocycles. The molecule has 1 N–H and O–H groups in total. The number of rotatable bonds is 9. The molecule has 188 valence electrons. The van der Waals surface area contributed by atoms with Crippen molar-refractivity contribution in [3.63, 3.8) is 0 Å². The zero-order valence-corrected chi connectivity index (χ0v) is 21.5. The van der Waals surface area contributed by atoms with Gasteiger partial charge in [-0.1, -0.05) is 12.1 Å². The van der Waals surface area contributed by atoms with E-state index in [1.807, 2.05) is 12.1 Å². The summed E-state index contributed by atoms with van der Waals surface area (Å²) < 4.78 is 31.1. The van der Waals surface area contributed by atoms with E-state index in [1.54, 1.807) is 31.4 Å². The summed E-state index contributed by atoms with van der Waals surface area (Å²) >= 11 is 0. The van der Waals surface area contributed by atoms with Crippen LogP contribution in [0.15, 0.2) is 48.5 Å². The molecular formula is C28H36N2O4S. The Hall–Kier alpha value is -2.54. The highest BCUT2D eigenvalue weighted by Crippen LogP contribution is 2.60. The van der Waals surface area contributed by atoms with E-state index in [1.165, 1.54) is 54.6 Å². The van der Waals surface area contributed by atoms with Crippen LogP contribution in [-0.2, 0) is 20.2 Å². The molecule has 4 bridgehead atoms. The van der Waals surface area contributed by atoms with Gasteiger partial charge < -0.3 is 10.1 Å². The first kappa shape index (κ1) is 24.2. The van der Waals surface area contributed by atoms with E-state index < -0.39 is 10.0 Å². The molecule has 4 fully saturated rings. The first-order chi connectivity index (χ1) is 16.7. The van der Waals surface area contributed by atoms with E-state index in [2.05, 4.69) is 17.4 Å². The molecular weight excluding hydrogens is 460 g/mol. The number of carbonyl (C=O) groups is 1. The minimum absolute atomic E-state index is 0.101. The Labute approximate surface area is 209 Å². The molecule has 0 saturated heterocycles. The van der Waals surface area contributed by atoms with Crippen LogP contribution >= 0.6 is 0 Å². The van der Waals surface area contributed by atoms with Crippen LogP contribution in [0.5, 0.6) is 5.75 Å². The fourth-order valence-electron chi connectivity index (χ4n) is 7.21.